The topological polar surface area (TPSA) is 119 Å². The highest BCUT2D eigenvalue weighted by Crippen LogP contribution is 2.49. The summed E-state index contributed by atoms with van der Waals surface area (Å²) in [6.07, 6.45) is 33.0. The van der Waals surface area contributed by atoms with Gasteiger partial charge in [0, 0.05) is 28.9 Å². The Morgan fingerprint density at radius 3 is 1.88 bits per heavy atom. The van der Waals surface area contributed by atoms with Crippen LogP contribution in [0, 0.1) is 5.41 Å². The van der Waals surface area contributed by atoms with Crippen LogP contribution in [0.2, 0.25) is 0 Å². The van der Waals surface area contributed by atoms with Crippen LogP contribution in [0.15, 0.2) is 72.9 Å². The lowest BCUT2D eigenvalue weighted by Crippen LogP contribution is -2.49. The van der Waals surface area contributed by atoms with E-state index in [-0.39, 0.29) is 37.2 Å². The smallest absolute Gasteiger partial charge is 0.309 e. The fourth-order valence-corrected chi connectivity index (χ4v) is 7.96. The minimum Gasteiger partial charge on any atom is -0.481 e. The fraction of sp³-hybridized carbons (Fsp3) is 0.590. The third-order valence-corrected chi connectivity index (χ3v) is 11.0. The van der Waals surface area contributed by atoms with Crippen LogP contribution in [0.1, 0.15) is 111 Å². The predicted molar refractivity (Wildman–Crippen MR) is 204 cm³/mol. The lowest BCUT2D eigenvalue weighted by Gasteiger charge is -2.32. The van der Waals surface area contributed by atoms with Crippen molar-refractivity contribution in [2.24, 2.45) is 5.41 Å². The molecule has 1 rings (SSSR count). The molecule has 1 heterocycles. The number of carboxylic acids is 1. The molecule has 1 saturated heterocycles. The minimum atomic E-state index is -1.24. The average Bonchev–Trinajstić information content (AvgIpc) is 3.50. The summed E-state index contributed by atoms with van der Waals surface area (Å²) in [5.41, 5.74) is -1.04. The van der Waals surface area contributed by atoms with E-state index in [1.807, 2.05) is 33.7 Å². The molecule has 0 radical (unpaired) electrons. The van der Waals surface area contributed by atoms with Crippen molar-refractivity contribution in [1.29, 1.82) is 0 Å². The Balaban J connectivity index is 2.43. The normalized spacial score (nSPS) is 17.7. The van der Waals surface area contributed by atoms with Gasteiger partial charge in [-0.1, -0.05) is 122 Å². The summed E-state index contributed by atoms with van der Waals surface area (Å²) in [6.45, 7) is 7.50. The maximum Gasteiger partial charge on any atom is 0.309 e. The molecule has 1 aliphatic rings. The number of aliphatic carboxylic acids is 1. The second kappa shape index (κ2) is 26.8. The van der Waals surface area contributed by atoms with E-state index in [0.29, 0.717) is 12.8 Å². The van der Waals surface area contributed by atoms with Gasteiger partial charge in [-0.15, -0.1) is 0 Å². The first-order valence-electron chi connectivity index (χ1n) is 17.5. The molecule has 2 atom stereocenters. The van der Waals surface area contributed by atoms with Crippen molar-refractivity contribution in [1.82, 2.24) is 5.32 Å². The van der Waals surface area contributed by atoms with Gasteiger partial charge in [-0.25, -0.2) is 0 Å². The Morgan fingerprint density at radius 1 is 0.816 bits per heavy atom. The quantitative estimate of drug-likeness (QED) is 0.0391. The molecular formula is C39H59NO7S2. The first-order chi connectivity index (χ1) is 23.5. The first-order valence-corrected chi connectivity index (χ1v) is 19.9. The Bertz CT molecular complexity index is 1160. The SMILES string of the molecule is CCC=CCC=CCC=CCC=CCC=CCC=CCC(=O)OCC(C)(C)C(OC(=O)CCCC[C@]1(C)CCSS1)C(=O)NCCC(=O)O. The Labute approximate surface area is 302 Å². The van der Waals surface area contributed by atoms with Crippen molar-refractivity contribution in [3.05, 3.63) is 72.9 Å². The van der Waals surface area contributed by atoms with E-state index in [1.54, 1.807) is 19.9 Å². The van der Waals surface area contributed by atoms with Crippen LogP contribution in [0.25, 0.3) is 0 Å². The van der Waals surface area contributed by atoms with Gasteiger partial charge in [-0.05, 0) is 64.7 Å². The van der Waals surface area contributed by atoms with Crippen LogP contribution < -0.4 is 5.32 Å². The highest BCUT2D eigenvalue weighted by atomic mass is 33.1. The zero-order chi connectivity index (χ0) is 36.2. The van der Waals surface area contributed by atoms with Gasteiger partial charge in [0.05, 0.1) is 12.8 Å². The van der Waals surface area contributed by atoms with Crippen molar-refractivity contribution in [3.63, 3.8) is 0 Å². The van der Waals surface area contributed by atoms with Gasteiger partial charge in [0.25, 0.3) is 5.91 Å². The summed E-state index contributed by atoms with van der Waals surface area (Å²) in [5, 5.41) is 11.5. The third kappa shape index (κ3) is 23.1. The summed E-state index contributed by atoms with van der Waals surface area (Å²) < 4.78 is 11.3. The molecule has 0 bridgehead atoms. The number of amides is 1. The second-order valence-electron chi connectivity index (χ2n) is 12.9. The molecule has 1 aliphatic heterocycles. The number of unbranched alkanes of at least 4 members (excludes halogenated alkanes) is 1. The van der Waals surface area contributed by atoms with Crippen LogP contribution in [0.3, 0.4) is 0 Å². The van der Waals surface area contributed by atoms with Crippen molar-refractivity contribution in [3.8, 4) is 0 Å². The van der Waals surface area contributed by atoms with E-state index in [1.165, 1.54) is 0 Å². The van der Waals surface area contributed by atoms with Crippen molar-refractivity contribution < 1.29 is 33.8 Å². The first kappa shape index (κ1) is 44.0. The minimum absolute atomic E-state index is 0.0752. The Kier molecular flexibility index (Phi) is 24.1. The molecule has 0 aromatic carbocycles. The molecule has 274 valence electrons. The van der Waals surface area contributed by atoms with Crippen molar-refractivity contribution >= 4 is 45.4 Å². The fourth-order valence-electron chi connectivity index (χ4n) is 4.66. The molecule has 0 spiro atoms. The second-order valence-corrected chi connectivity index (χ2v) is 15.9. The molecule has 2 N–H and O–H groups in total. The molecule has 0 saturated carbocycles. The Hall–Kier alpha value is -2.98. The lowest BCUT2D eigenvalue weighted by atomic mass is 9.86. The van der Waals surface area contributed by atoms with Gasteiger partial charge >= 0.3 is 17.9 Å². The molecule has 0 aromatic heterocycles. The number of ether oxygens (including phenoxy) is 2. The number of carbonyl (C=O) groups is 4. The summed E-state index contributed by atoms with van der Waals surface area (Å²) in [4.78, 5) is 49.1. The monoisotopic (exact) mass is 717 g/mol. The maximum absolute atomic E-state index is 13.0. The van der Waals surface area contributed by atoms with Crippen LogP contribution in [-0.4, -0.2) is 58.7 Å². The number of allylic oxidation sites excluding steroid dienone is 11. The van der Waals surface area contributed by atoms with E-state index < -0.39 is 35.3 Å². The largest absolute Gasteiger partial charge is 0.481 e. The van der Waals surface area contributed by atoms with E-state index in [2.05, 4.69) is 73.8 Å². The van der Waals surface area contributed by atoms with Crippen LogP contribution in [0.4, 0.5) is 0 Å². The number of nitrogens with one attached hydrogen (secondary N) is 1. The molecule has 1 unspecified atom stereocenters. The highest BCUT2D eigenvalue weighted by Gasteiger charge is 2.40. The summed E-state index contributed by atoms with van der Waals surface area (Å²) in [6, 6.07) is 0. The van der Waals surface area contributed by atoms with Gasteiger partial charge in [-0.3, -0.25) is 19.2 Å². The van der Waals surface area contributed by atoms with E-state index in [9.17, 15) is 19.2 Å². The maximum atomic E-state index is 13.0. The van der Waals surface area contributed by atoms with Gasteiger partial charge in [0.2, 0.25) is 0 Å². The number of carboxylic acid groups (broad SMARTS) is 1. The molecule has 1 amide bonds. The standard InChI is InChI=1S/C39H59NO7S2/c1-5-6-7-8-9-10-11-12-13-14-15-16-17-18-19-20-21-22-25-34(43)46-32-38(2,3)36(37(45)40-30-27-33(41)42)47-35(44)26-23-24-28-39(4)29-31-48-49-39/h6-7,9-10,12-13,15-16,18-19,21-22,36H,5,8,11,14,17,20,23-32H2,1-4H3,(H,40,45)(H,41,42)/t36?,39-/m1/s1. The van der Waals surface area contributed by atoms with Gasteiger partial charge < -0.3 is 19.9 Å². The molecule has 49 heavy (non-hydrogen) atoms. The summed E-state index contributed by atoms with van der Waals surface area (Å²) in [7, 11) is 3.79. The third-order valence-electron chi connectivity index (χ3n) is 7.63. The molecular weight excluding hydrogens is 659 g/mol. The number of esters is 2. The van der Waals surface area contributed by atoms with Gasteiger partial charge in [0.15, 0.2) is 6.10 Å². The number of hydrogen-bond donors (Lipinski definition) is 2. The van der Waals surface area contributed by atoms with Gasteiger partial charge in [0.1, 0.15) is 6.61 Å². The number of hydrogen-bond acceptors (Lipinski definition) is 8. The highest BCUT2D eigenvalue weighted by molar-refractivity contribution is 8.77. The molecule has 0 aliphatic carbocycles. The Morgan fingerprint density at radius 2 is 1.37 bits per heavy atom. The van der Waals surface area contributed by atoms with Gasteiger partial charge in [-0.2, -0.15) is 0 Å². The van der Waals surface area contributed by atoms with Crippen LogP contribution in [-0.2, 0) is 28.7 Å². The molecule has 1 fully saturated rings. The van der Waals surface area contributed by atoms with Crippen molar-refractivity contribution in [2.45, 2.75) is 122 Å². The molecule has 8 nitrogen and oxygen atoms in total. The average molecular weight is 718 g/mol. The van der Waals surface area contributed by atoms with E-state index in [0.717, 1.165) is 57.1 Å². The number of carbonyl (C=O) groups excluding carboxylic acids is 3. The van der Waals surface area contributed by atoms with Crippen LogP contribution >= 0.6 is 21.6 Å². The molecule has 0 aromatic rings. The zero-order valence-electron chi connectivity index (χ0n) is 30.0. The predicted octanol–water partition coefficient (Wildman–Crippen LogP) is 9.25. The molecule has 10 heteroatoms. The summed E-state index contributed by atoms with van der Waals surface area (Å²) >= 11 is 0. The van der Waals surface area contributed by atoms with Crippen LogP contribution in [0.5, 0.6) is 0 Å². The van der Waals surface area contributed by atoms with E-state index >= 15 is 0 Å². The lowest BCUT2D eigenvalue weighted by molar-refractivity contribution is -0.168. The zero-order valence-corrected chi connectivity index (χ0v) is 31.7. The van der Waals surface area contributed by atoms with Crippen molar-refractivity contribution in [2.75, 3.05) is 18.9 Å². The summed E-state index contributed by atoms with van der Waals surface area (Å²) in [5.74, 6) is -1.48. The van der Waals surface area contributed by atoms with E-state index in [4.69, 9.17) is 14.6 Å². The number of rotatable bonds is 26.